The predicted molar refractivity (Wildman–Crippen MR) is 85.8 cm³/mol. The van der Waals surface area contributed by atoms with Crippen molar-refractivity contribution in [2.75, 3.05) is 6.54 Å². The average Bonchev–Trinajstić information content (AvgIpc) is 2.91. The van der Waals surface area contributed by atoms with Crippen LogP contribution in [0.15, 0.2) is 30.3 Å². The maximum atomic E-state index is 12.2. The summed E-state index contributed by atoms with van der Waals surface area (Å²) in [4.78, 5) is 14.2. The number of hydrogen-bond donors (Lipinski definition) is 2. The number of aliphatic hydroxyl groups excluding tert-OH is 1. The second kappa shape index (κ2) is 6.00. The molecule has 21 heavy (non-hydrogen) atoms. The molecule has 1 aliphatic carbocycles. The zero-order chi connectivity index (χ0) is 14.8. The molecule has 0 aliphatic heterocycles. The quantitative estimate of drug-likeness (QED) is 0.912. The number of aryl methyl sites for hydroxylation is 2. The molecule has 4 heteroatoms. The lowest BCUT2D eigenvalue weighted by atomic mass is 9.91. The number of aliphatic hydroxyl groups is 1. The summed E-state index contributed by atoms with van der Waals surface area (Å²) in [7, 11) is 0. The average molecular weight is 301 g/mol. The standard InChI is InChI=1S/C17H19NO2S/c1-11(19)8-9-18-17(20)15-10-13-7-6-12-4-2-3-5-14(12)16(13)21-15/h2-5,10-11,19H,6-9H2,1H3,(H,18,20). The molecule has 110 valence electrons. The molecule has 0 bridgehead atoms. The van der Waals surface area contributed by atoms with Gasteiger partial charge in [0.2, 0.25) is 0 Å². The number of carbonyl (C=O) groups excluding carboxylic acids is 1. The summed E-state index contributed by atoms with van der Waals surface area (Å²) in [6, 6.07) is 10.4. The molecule has 3 rings (SSSR count). The Kier molecular flexibility index (Phi) is 4.08. The lowest BCUT2D eigenvalue weighted by Crippen LogP contribution is -2.25. The Morgan fingerprint density at radius 1 is 1.33 bits per heavy atom. The molecule has 0 fully saturated rings. The molecule has 0 radical (unpaired) electrons. The van der Waals surface area contributed by atoms with Crippen molar-refractivity contribution in [3.8, 4) is 10.4 Å². The van der Waals surface area contributed by atoms with Gasteiger partial charge in [0.15, 0.2) is 0 Å². The van der Waals surface area contributed by atoms with Crippen molar-refractivity contribution in [1.29, 1.82) is 0 Å². The van der Waals surface area contributed by atoms with Crippen molar-refractivity contribution in [3.63, 3.8) is 0 Å². The predicted octanol–water partition coefficient (Wildman–Crippen LogP) is 3.01. The molecular weight excluding hydrogens is 282 g/mol. The fourth-order valence-corrected chi connectivity index (χ4v) is 3.85. The summed E-state index contributed by atoms with van der Waals surface area (Å²) in [6.07, 6.45) is 2.25. The van der Waals surface area contributed by atoms with Gasteiger partial charge in [-0.15, -0.1) is 11.3 Å². The number of amides is 1. The van der Waals surface area contributed by atoms with E-state index in [0.29, 0.717) is 13.0 Å². The number of carbonyl (C=O) groups is 1. The van der Waals surface area contributed by atoms with Crippen molar-refractivity contribution in [2.45, 2.75) is 32.3 Å². The molecule has 0 spiro atoms. The smallest absolute Gasteiger partial charge is 0.261 e. The first-order chi connectivity index (χ1) is 10.1. The molecular formula is C17H19NO2S. The third-order valence-electron chi connectivity index (χ3n) is 3.81. The van der Waals surface area contributed by atoms with Gasteiger partial charge in [0, 0.05) is 11.4 Å². The van der Waals surface area contributed by atoms with Crippen LogP contribution in [-0.2, 0) is 12.8 Å². The van der Waals surface area contributed by atoms with Crippen LogP contribution in [-0.4, -0.2) is 23.7 Å². The SMILES string of the molecule is CC(O)CCNC(=O)c1cc2c(s1)-c1ccccc1CC2. The van der Waals surface area contributed by atoms with Crippen molar-refractivity contribution in [2.24, 2.45) is 0 Å². The Hall–Kier alpha value is -1.65. The second-order valence-corrected chi connectivity index (χ2v) is 6.57. The normalized spacial score (nSPS) is 14.2. The highest BCUT2D eigenvalue weighted by atomic mass is 32.1. The van der Waals surface area contributed by atoms with Gasteiger partial charge in [-0.2, -0.15) is 0 Å². The van der Waals surface area contributed by atoms with E-state index in [4.69, 9.17) is 0 Å². The molecule has 1 amide bonds. The van der Waals surface area contributed by atoms with Gasteiger partial charge in [-0.3, -0.25) is 4.79 Å². The third kappa shape index (κ3) is 3.01. The lowest BCUT2D eigenvalue weighted by Gasteiger charge is -2.15. The van der Waals surface area contributed by atoms with Crippen LogP contribution in [0.3, 0.4) is 0 Å². The van der Waals surface area contributed by atoms with E-state index in [1.54, 1.807) is 18.3 Å². The zero-order valence-corrected chi connectivity index (χ0v) is 12.9. The fraction of sp³-hybridized carbons (Fsp3) is 0.353. The Bertz CT molecular complexity index is 661. The van der Waals surface area contributed by atoms with E-state index in [1.165, 1.54) is 21.6 Å². The van der Waals surface area contributed by atoms with E-state index in [2.05, 4.69) is 29.6 Å². The van der Waals surface area contributed by atoms with Crippen LogP contribution in [0.2, 0.25) is 0 Å². The van der Waals surface area contributed by atoms with Gasteiger partial charge in [0.05, 0.1) is 11.0 Å². The summed E-state index contributed by atoms with van der Waals surface area (Å²) in [5, 5.41) is 12.1. The molecule has 1 unspecified atom stereocenters. The number of hydrogen-bond acceptors (Lipinski definition) is 3. The minimum Gasteiger partial charge on any atom is -0.393 e. The number of rotatable bonds is 4. The summed E-state index contributed by atoms with van der Waals surface area (Å²) >= 11 is 1.57. The van der Waals surface area contributed by atoms with Crippen molar-refractivity contribution in [1.82, 2.24) is 5.32 Å². The molecule has 1 aliphatic rings. The molecule has 1 heterocycles. The number of fused-ring (bicyclic) bond motifs is 3. The van der Waals surface area contributed by atoms with Gasteiger partial charge in [0.1, 0.15) is 0 Å². The summed E-state index contributed by atoms with van der Waals surface area (Å²) < 4.78 is 0. The fourth-order valence-electron chi connectivity index (χ4n) is 2.67. The Labute approximate surface area is 128 Å². The lowest BCUT2D eigenvalue weighted by molar-refractivity contribution is 0.0949. The van der Waals surface area contributed by atoms with Crippen molar-refractivity contribution >= 4 is 17.2 Å². The number of nitrogens with one attached hydrogen (secondary N) is 1. The van der Waals surface area contributed by atoms with Gasteiger partial charge in [-0.1, -0.05) is 24.3 Å². The maximum Gasteiger partial charge on any atom is 0.261 e. The topological polar surface area (TPSA) is 49.3 Å². The summed E-state index contributed by atoms with van der Waals surface area (Å²) in [6.45, 7) is 2.24. The van der Waals surface area contributed by atoms with Gasteiger partial charge in [-0.25, -0.2) is 0 Å². The van der Waals surface area contributed by atoms with E-state index >= 15 is 0 Å². The van der Waals surface area contributed by atoms with E-state index in [0.717, 1.165) is 17.7 Å². The monoisotopic (exact) mass is 301 g/mol. The first-order valence-corrected chi connectivity index (χ1v) is 8.14. The largest absolute Gasteiger partial charge is 0.393 e. The van der Waals surface area contributed by atoms with Crippen LogP contribution in [0.5, 0.6) is 0 Å². The number of thiophene rings is 1. The van der Waals surface area contributed by atoms with Crippen LogP contribution < -0.4 is 5.32 Å². The van der Waals surface area contributed by atoms with Crippen molar-refractivity contribution in [3.05, 3.63) is 46.3 Å². The van der Waals surface area contributed by atoms with Crippen LogP contribution in [0.4, 0.5) is 0 Å². The highest BCUT2D eigenvalue weighted by molar-refractivity contribution is 7.17. The van der Waals surface area contributed by atoms with Gasteiger partial charge in [-0.05, 0) is 48.9 Å². The van der Waals surface area contributed by atoms with Crippen LogP contribution in [0, 0.1) is 0 Å². The molecule has 1 atom stereocenters. The van der Waals surface area contributed by atoms with Gasteiger partial charge < -0.3 is 10.4 Å². The summed E-state index contributed by atoms with van der Waals surface area (Å²) in [5.41, 5.74) is 3.92. The second-order valence-electron chi connectivity index (χ2n) is 5.52. The maximum absolute atomic E-state index is 12.2. The van der Waals surface area contributed by atoms with E-state index < -0.39 is 0 Å². The first kappa shape index (κ1) is 14.3. The van der Waals surface area contributed by atoms with Crippen molar-refractivity contribution < 1.29 is 9.90 Å². The summed E-state index contributed by atoms with van der Waals surface area (Å²) in [5.74, 6) is -0.0347. The van der Waals surface area contributed by atoms with Crippen LogP contribution in [0.25, 0.3) is 10.4 Å². The van der Waals surface area contributed by atoms with Gasteiger partial charge >= 0.3 is 0 Å². The Morgan fingerprint density at radius 2 is 2.10 bits per heavy atom. The van der Waals surface area contributed by atoms with E-state index in [1.807, 2.05) is 6.07 Å². The third-order valence-corrected chi connectivity index (χ3v) is 5.02. The van der Waals surface area contributed by atoms with Gasteiger partial charge in [0.25, 0.3) is 5.91 Å². The minimum atomic E-state index is -0.381. The van der Waals surface area contributed by atoms with E-state index in [-0.39, 0.29) is 12.0 Å². The van der Waals surface area contributed by atoms with Crippen LogP contribution >= 0.6 is 11.3 Å². The highest BCUT2D eigenvalue weighted by Crippen LogP contribution is 2.39. The number of benzene rings is 1. The van der Waals surface area contributed by atoms with E-state index in [9.17, 15) is 9.90 Å². The highest BCUT2D eigenvalue weighted by Gasteiger charge is 2.21. The molecule has 1 aromatic heterocycles. The zero-order valence-electron chi connectivity index (χ0n) is 12.1. The molecule has 0 saturated heterocycles. The molecule has 3 nitrogen and oxygen atoms in total. The minimum absolute atomic E-state index is 0.0347. The Morgan fingerprint density at radius 3 is 2.90 bits per heavy atom. The Balaban J connectivity index is 1.79. The molecule has 2 aromatic rings. The first-order valence-electron chi connectivity index (χ1n) is 7.32. The molecule has 1 aromatic carbocycles. The molecule has 2 N–H and O–H groups in total. The molecule has 0 saturated carbocycles. The van der Waals surface area contributed by atoms with Crippen LogP contribution in [0.1, 0.15) is 34.1 Å².